The SMILES string of the molecule is CCOc1cc(/C=C2\SC(=O)N(CC(=O)N3CCOCC3)C2=O)cc(I)c1OS(=O)(=O)c1ccc(C)cc1. The number of hydrogen-bond donors (Lipinski definition) is 0. The minimum absolute atomic E-state index is 0.00530. The molecular weight excluding hydrogens is 647 g/mol. The Kier molecular flexibility index (Phi) is 9.00. The van der Waals surface area contributed by atoms with Crippen molar-refractivity contribution in [1.82, 2.24) is 9.80 Å². The number of aryl methyl sites for hydroxylation is 1. The number of nitrogens with zero attached hydrogens (tertiary/aromatic N) is 2. The first-order valence-electron chi connectivity index (χ1n) is 11.7. The summed E-state index contributed by atoms with van der Waals surface area (Å²) in [6.45, 7) is 5.15. The molecule has 2 saturated heterocycles. The van der Waals surface area contributed by atoms with Gasteiger partial charge in [-0.25, -0.2) is 0 Å². The van der Waals surface area contributed by atoms with E-state index in [0.717, 1.165) is 22.2 Å². The van der Waals surface area contributed by atoms with Crippen molar-refractivity contribution in [3.05, 3.63) is 56.0 Å². The maximum atomic E-state index is 13.0. The van der Waals surface area contributed by atoms with Crippen LogP contribution in [0.25, 0.3) is 6.08 Å². The van der Waals surface area contributed by atoms with Gasteiger partial charge >= 0.3 is 10.1 Å². The molecule has 0 aliphatic carbocycles. The van der Waals surface area contributed by atoms with Crippen LogP contribution in [0.3, 0.4) is 0 Å². The summed E-state index contributed by atoms with van der Waals surface area (Å²) in [6.07, 6.45) is 1.51. The number of benzene rings is 2. The lowest BCUT2D eigenvalue weighted by Gasteiger charge is -2.28. The highest BCUT2D eigenvalue weighted by Crippen LogP contribution is 2.38. The summed E-state index contributed by atoms with van der Waals surface area (Å²) in [7, 11) is -4.13. The fraction of sp³-hybridized carbons (Fsp3) is 0.320. The maximum Gasteiger partial charge on any atom is 0.339 e. The highest BCUT2D eigenvalue weighted by molar-refractivity contribution is 14.1. The molecule has 0 spiro atoms. The third kappa shape index (κ3) is 6.50. The van der Waals surface area contributed by atoms with Gasteiger partial charge in [0.05, 0.1) is 28.3 Å². The minimum Gasteiger partial charge on any atom is -0.490 e. The van der Waals surface area contributed by atoms with Gasteiger partial charge in [-0.1, -0.05) is 17.7 Å². The van der Waals surface area contributed by atoms with E-state index in [4.69, 9.17) is 13.7 Å². The van der Waals surface area contributed by atoms with Gasteiger partial charge in [0, 0.05) is 13.1 Å². The quantitative estimate of drug-likeness (QED) is 0.235. The Morgan fingerprint density at radius 2 is 1.84 bits per heavy atom. The number of hydrogen-bond acceptors (Lipinski definition) is 9. The van der Waals surface area contributed by atoms with Crippen LogP contribution in [0.2, 0.25) is 0 Å². The summed E-state index contributed by atoms with van der Waals surface area (Å²) in [4.78, 5) is 40.7. The van der Waals surface area contributed by atoms with Gasteiger partial charge in [0.1, 0.15) is 11.4 Å². The highest BCUT2D eigenvalue weighted by atomic mass is 127. The van der Waals surface area contributed by atoms with Gasteiger partial charge < -0.3 is 18.6 Å². The topological polar surface area (TPSA) is 120 Å². The second-order valence-corrected chi connectivity index (χ2v) is 12.1. The van der Waals surface area contributed by atoms with Crippen LogP contribution in [0.4, 0.5) is 4.79 Å². The number of carbonyl (C=O) groups excluding carboxylic acids is 3. The molecule has 2 fully saturated rings. The average Bonchev–Trinajstić information content (AvgIpc) is 3.14. The second kappa shape index (κ2) is 12.1. The smallest absolute Gasteiger partial charge is 0.339 e. The molecule has 38 heavy (non-hydrogen) atoms. The Hall–Kier alpha value is -2.62. The van der Waals surface area contributed by atoms with E-state index in [1.54, 1.807) is 36.1 Å². The molecule has 13 heteroatoms. The van der Waals surface area contributed by atoms with Gasteiger partial charge in [-0.15, -0.1) is 0 Å². The van der Waals surface area contributed by atoms with Crippen LogP contribution in [0, 0.1) is 10.5 Å². The largest absolute Gasteiger partial charge is 0.490 e. The number of morpholine rings is 1. The number of imide groups is 1. The van der Waals surface area contributed by atoms with Crippen LogP contribution in [0.5, 0.6) is 11.5 Å². The molecule has 2 heterocycles. The number of carbonyl (C=O) groups is 3. The number of thioether (sulfide) groups is 1. The Bertz CT molecular complexity index is 1390. The summed E-state index contributed by atoms with van der Waals surface area (Å²) in [5.74, 6) is -0.699. The molecule has 4 rings (SSSR count). The molecule has 0 atom stereocenters. The van der Waals surface area contributed by atoms with Crippen LogP contribution in [0.1, 0.15) is 18.1 Å². The average molecular weight is 673 g/mol. The fourth-order valence-corrected chi connectivity index (χ4v) is 6.39. The minimum atomic E-state index is -4.13. The van der Waals surface area contributed by atoms with E-state index >= 15 is 0 Å². The van der Waals surface area contributed by atoms with Crippen molar-refractivity contribution in [3.63, 3.8) is 0 Å². The fourth-order valence-electron chi connectivity index (χ4n) is 3.71. The molecule has 2 aliphatic rings. The predicted octanol–water partition coefficient (Wildman–Crippen LogP) is 3.66. The molecule has 3 amide bonds. The van der Waals surface area contributed by atoms with Crippen molar-refractivity contribution in [2.24, 2.45) is 0 Å². The molecule has 0 radical (unpaired) electrons. The molecule has 0 aromatic heterocycles. The summed E-state index contributed by atoms with van der Waals surface area (Å²) < 4.78 is 42.5. The Balaban J connectivity index is 1.56. The Morgan fingerprint density at radius 1 is 1.16 bits per heavy atom. The van der Waals surface area contributed by atoms with Crippen molar-refractivity contribution in [1.29, 1.82) is 0 Å². The maximum absolute atomic E-state index is 13.0. The lowest BCUT2D eigenvalue weighted by Crippen LogP contribution is -2.46. The van der Waals surface area contributed by atoms with Crippen molar-refractivity contribution in [2.75, 3.05) is 39.5 Å². The third-order valence-electron chi connectivity index (χ3n) is 5.66. The summed E-state index contributed by atoms with van der Waals surface area (Å²) in [5, 5.41) is -0.535. The van der Waals surface area contributed by atoms with E-state index in [-0.39, 0.29) is 40.4 Å². The number of amides is 3. The Labute approximate surface area is 238 Å². The van der Waals surface area contributed by atoms with Gasteiger partial charge in [-0.3, -0.25) is 19.3 Å². The van der Waals surface area contributed by atoms with Crippen LogP contribution >= 0.6 is 34.4 Å². The van der Waals surface area contributed by atoms with Gasteiger partial charge in [0.2, 0.25) is 5.91 Å². The zero-order valence-electron chi connectivity index (χ0n) is 20.6. The lowest BCUT2D eigenvalue weighted by molar-refractivity contribution is -0.139. The molecule has 0 saturated carbocycles. The van der Waals surface area contributed by atoms with E-state index in [1.807, 2.05) is 29.5 Å². The number of ether oxygens (including phenoxy) is 2. The van der Waals surface area contributed by atoms with E-state index < -0.39 is 21.3 Å². The predicted molar refractivity (Wildman–Crippen MR) is 149 cm³/mol. The van der Waals surface area contributed by atoms with Crippen molar-refractivity contribution < 1.29 is 36.5 Å². The number of halogens is 1. The molecule has 2 aromatic carbocycles. The molecule has 202 valence electrons. The van der Waals surface area contributed by atoms with Crippen molar-refractivity contribution in [3.8, 4) is 11.5 Å². The second-order valence-electron chi connectivity index (χ2n) is 8.37. The molecular formula is C25H25IN2O8S2. The summed E-state index contributed by atoms with van der Waals surface area (Å²) in [5.41, 5.74) is 1.41. The standard InChI is InChI=1S/C25H25IN2O8S2/c1-3-35-20-13-17(12-19(26)23(20)36-38(32,33)18-6-4-16(2)5-7-18)14-21-24(30)28(25(31)37-21)15-22(29)27-8-10-34-11-9-27/h4-7,12-14H,3,8-11,15H2,1-2H3/b21-14-. The van der Waals surface area contributed by atoms with Crippen LogP contribution in [-0.4, -0.2) is 74.7 Å². The lowest BCUT2D eigenvalue weighted by atomic mass is 10.2. The zero-order valence-corrected chi connectivity index (χ0v) is 24.4. The normalized spacial score (nSPS) is 17.3. The van der Waals surface area contributed by atoms with Crippen molar-refractivity contribution in [2.45, 2.75) is 18.7 Å². The van der Waals surface area contributed by atoms with E-state index in [9.17, 15) is 22.8 Å². The van der Waals surface area contributed by atoms with Gasteiger partial charge in [0.25, 0.3) is 11.1 Å². The summed E-state index contributed by atoms with van der Waals surface area (Å²) in [6, 6.07) is 9.44. The highest BCUT2D eigenvalue weighted by Gasteiger charge is 2.37. The molecule has 0 unspecified atom stereocenters. The molecule has 10 nitrogen and oxygen atoms in total. The molecule has 0 N–H and O–H groups in total. The first-order chi connectivity index (χ1) is 18.1. The van der Waals surface area contributed by atoms with E-state index in [0.29, 0.717) is 35.4 Å². The molecule has 0 bridgehead atoms. The van der Waals surface area contributed by atoms with Gasteiger partial charge in [-0.05, 0) is 84.1 Å². The Morgan fingerprint density at radius 3 is 2.50 bits per heavy atom. The van der Waals surface area contributed by atoms with E-state index in [1.165, 1.54) is 18.2 Å². The van der Waals surface area contributed by atoms with Crippen molar-refractivity contribution >= 4 is 67.6 Å². The van der Waals surface area contributed by atoms with E-state index in [2.05, 4.69) is 0 Å². The first-order valence-corrected chi connectivity index (χ1v) is 15.0. The molecule has 2 aliphatic heterocycles. The number of rotatable bonds is 8. The first kappa shape index (κ1) is 28.4. The summed E-state index contributed by atoms with van der Waals surface area (Å²) >= 11 is 2.66. The van der Waals surface area contributed by atoms with Crippen LogP contribution in [0.15, 0.2) is 46.2 Å². The van der Waals surface area contributed by atoms with Crippen LogP contribution < -0.4 is 8.92 Å². The monoisotopic (exact) mass is 672 g/mol. The zero-order chi connectivity index (χ0) is 27.4. The van der Waals surface area contributed by atoms with Gasteiger partial charge in [-0.2, -0.15) is 8.42 Å². The van der Waals surface area contributed by atoms with Gasteiger partial charge in [0.15, 0.2) is 11.5 Å². The molecule has 2 aromatic rings. The third-order valence-corrected chi connectivity index (χ3v) is 8.61. The van der Waals surface area contributed by atoms with Crippen LogP contribution in [-0.2, 0) is 24.4 Å².